The molecule has 0 radical (unpaired) electrons. The van der Waals surface area contributed by atoms with E-state index in [2.05, 4.69) is 31.3 Å². The molecule has 1 saturated heterocycles. The number of ketones is 1. The molecule has 1 aromatic carbocycles. The van der Waals surface area contributed by atoms with E-state index in [-0.39, 0.29) is 11.8 Å². The predicted octanol–water partition coefficient (Wildman–Crippen LogP) is 2.37. The Kier molecular flexibility index (Phi) is 4.50. The molecule has 1 N–H and O–H groups in total. The van der Waals surface area contributed by atoms with Crippen LogP contribution in [0.25, 0.3) is 0 Å². The van der Waals surface area contributed by atoms with Gasteiger partial charge in [0.25, 0.3) is 0 Å². The van der Waals surface area contributed by atoms with Crippen molar-refractivity contribution >= 4 is 5.78 Å². The number of hydrogen-bond acceptors (Lipinski definition) is 3. The summed E-state index contributed by atoms with van der Waals surface area (Å²) < 4.78 is 5.32. The van der Waals surface area contributed by atoms with E-state index in [0.29, 0.717) is 19.1 Å². The number of carbonyl (C=O) groups is 1. The highest BCUT2D eigenvalue weighted by atomic mass is 16.5. The molecule has 2 unspecified atom stereocenters. The molecule has 0 aromatic heterocycles. The van der Waals surface area contributed by atoms with Gasteiger partial charge in [-0.15, -0.1) is 0 Å². The molecule has 2 rings (SSSR count). The molecule has 3 heteroatoms. The first-order chi connectivity index (χ1) is 8.72. The van der Waals surface area contributed by atoms with Gasteiger partial charge in [-0.25, -0.2) is 0 Å². The lowest BCUT2D eigenvalue weighted by Gasteiger charge is -2.22. The first-order valence-electron chi connectivity index (χ1n) is 6.67. The molecule has 18 heavy (non-hydrogen) atoms. The van der Waals surface area contributed by atoms with Crippen LogP contribution in [-0.2, 0) is 4.74 Å². The lowest BCUT2D eigenvalue weighted by atomic mass is 9.95. The van der Waals surface area contributed by atoms with Crippen LogP contribution >= 0.6 is 0 Å². The molecule has 0 saturated carbocycles. The van der Waals surface area contributed by atoms with E-state index in [1.807, 2.05) is 12.1 Å². The van der Waals surface area contributed by atoms with Gasteiger partial charge in [-0.1, -0.05) is 38.1 Å². The Morgan fingerprint density at radius 3 is 2.72 bits per heavy atom. The maximum atomic E-state index is 12.2. The second-order valence-electron chi connectivity index (χ2n) is 4.88. The molecule has 0 spiro atoms. The average Bonchev–Trinajstić information content (AvgIpc) is 2.47. The third-order valence-corrected chi connectivity index (χ3v) is 3.61. The van der Waals surface area contributed by atoms with Crippen LogP contribution in [0.3, 0.4) is 0 Å². The fourth-order valence-electron chi connectivity index (χ4n) is 2.15. The zero-order valence-electron chi connectivity index (χ0n) is 11.1. The first-order valence-corrected chi connectivity index (χ1v) is 6.67. The number of benzene rings is 1. The van der Waals surface area contributed by atoms with E-state index in [0.717, 1.165) is 18.5 Å². The van der Waals surface area contributed by atoms with Crippen LogP contribution in [0, 0.1) is 0 Å². The Morgan fingerprint density at radius 2 is 2.17 bits per heavy atom. The van der Waals surface area contributed by atoms with Crippen LogP contribution < -0.4 is 5.32 Å². The van der Waals surface area contributed by atoms with E-state index in [9.17, 15) is 4.79 Å². The molecular formula is C15H21NO2. The van der Waals surface area contributed by atoms with Gasteiger partial charge in [0.15, 0.2) is 5.78 Å². The van der Waals surface area contributed by atoms with Crippen molar-refractivity contribution in [1.29, 1.82) is 0 Å². The SMILES string of the molecule is CCC(C)c1ccc(C(=O)C2COCCN2)cc1. The number of morpholine rings is 1. The van der Waals surface area contributed by atoms with Gasteiger partial charge >= 0.3 is 0 Å². The summed E-state index contributed by atoms with van der Waals surface area (Å²) in [5, 5.41) is 3.19. The molecule has 1 aromatic rings. The summed E-state index contributed by atoms with van der Waals surface area (Å²) in [6.07, 6.45) is 1.12. The van der Waals surface area contributed by atoms with E-state index in [4.69, 9.17) is 4.74 Å². The van der Waals surface area contributed by atoms with Crippen molar-refractivity contribution in [1.82, 2.24) is 5.32 Å². The third kappa shape index (κ3) is 2.98. The maximum Gasteiger partial charge on any atom is 0.182 e. The van der Waals surface area contributed by atoms with Gasteiger partial charge in [0.1, 0.15) is 0 Å². The standard InChI is InChI=1S/C15H21NO2/c1-3-11(2)12-4-6-13(7-5-12)15(17)14-10-18-9-8-16-14/h4-7,11,14,16H,3,8-10H2,1-2H3. The van der Waals surface area contributed by atoms with Crippen LogP contribution in [0.1, 0.15) is 42.1 Å². The normalized spacial score (nSPS) is 21.6. The van der Waals surface area contributed by atoms with Crippen LogP contribution in [0.5, 0.6) is 0 Å². The highest BCUT2D eigenvalue weighted by Crippen LogP contribution is 2.19. The Hall–Kier alpha value is -1.19. The Balaban J connectivity index is 2.06. The lowest BCUT2D eigenvalue weighted by Crippen LogP contribution is -2.46. The second kappa shape index (κ2) is 6.12. The Morgan fingerprint density at radius 1 is 1.44 bits per heavy atom. The van der Waals surface area contributed by atoms with Crippen molar-refractivity contribution in [3.05, 3.63) is 35.4 Å². The number of rotatable bonds is 4. The monoisotopic (exact) mass is 247 g/mol. The summed E-state index contributed by atoms with van der Waals surface area (Å²) in [5.41, 5.74) is 2.06. The zero-order valence-corrected chi connectivity index (χ0v) is 11.1. The highest BCUT2D eigenvalue weighted by molar-refractivity contribution is 6.00. The van der Waals surface area contributed by atoms with Crippen molar-refractivity contribution in [3.8, 4) is 0 Å². The molecular weight excluding hydrogens is 226 g/mol. The molecule has 1 heterocycles. The first kappa shape index (κ1) is 13.2. The number of ether oxygens (including phenoxy) is 1. The van der Waals surface area contributed by atoms with Crippen molar-refractivity contribution in [3.63, 3.8) is 0 Å². The van der Waals surface area contributed by atoms with Crippen molar-refractivity contribution in [2.24, 2.45) is 0 Å². The molecule has 1 fully saturated rings. The van der Waals surface area contributed by atoms with Crippen molar-refractivity contribution in [2.45, 2.75) is 32.2 Å². The van der Waals surface area contributed by atoms with Gasteiger partial charge in [0, 0.05) is 12.1 Å². The molecule has 1 aliphatic heterocycles. The van der Waals surface area contributed by atoms with Crippen molar-refractivity contribution in [2.75, 3.05) is 19.8 Å². The van der Waals surface area contributed by atoms with Gasteiger partial charge in [0.05, 0.1) is 19.3 Å². The highest BCUT2D eigenvalue weighted by Gasteiger charge is 2.22. The summed E-state index contributed by atoms with van der Waals surface area (Å²) >= 11 is 0. The predicted molar refractivity (Wildman–Crippen MR) is 72.1 cm³/mol. The lowest BCUT2D eigenvalue weighted by molar-refractivity contribution is 0.0607. The van der Waals surface area contributed by atoms with E-state index in [1.54, 1.807) is 0 Å². The largest absolute Gasteiger partial charge is 0.378 e. The van der Waals surface area contributed by atoms with Gasteiger partial charge in [-0.2, -0.15) is 0 Å². The van der Waals surface area contributed by atoms with E-state index in [1.165, 1.54) is 5.56 Å². The molecule has 0 bridgehead atoms. The molecule has 3 nitrogen and oxygen atoms in total. The Bertz CT molecular complexity index is 393. The number of hydrogen-bond donors (Lipinski definition) is 1. The topological polar surface area (TPSA) is 38.3 Å². The van der Waals surface area contributed by atoms with Crippen LogP contribution in [0.15, 0.2) is 24.3 Å². The number of carbonyl (C=O) groups excluding carboxylic acids is 1. The molecule has 2 atom stereocenters. The Labute approximate surface area is 109 Å². The van der Waals surface area contributed by atoms with Crippen LogP contribution in [0.4, 0.5) is 0 Å². The summed E-state index contributed by atoms with van der Waals surface area (Å²) in [4.78, 5) is 12.2. The minimum absolute atomic E-state index is 0.130. The minimum Gasteiger partial charge on any atom is -0.378 e. The minimum atomic E-state index is -0.187. The molecule has 0 amide bonds. The summed E-state index contributed by atoms with van der Waals surface area (Å²) in [5.74, 6) is 0.677. The molecule has 1 aliphatic rings. The van der Waals surface area contributed by atoms with Crippen LogP contribution in [0.2, 0.25) is 0 Å². The zero-order chi connectivity index (χ0) is 13.0. The third-order valence-electron chi connectivity index (χ3n) is 3.61. The van der Waals surface area contributed by atoms with Crippen LogP contribution in [-0.4, -0.2) is 31.6 Å². The van der Waals surface area contributed by atoms with Gasteiger partial charge in [-0.05, 0) is 17.9 Å². The van der Waals surface area contributed by atoms with Gasteiger partial charge < -0.3 is 10.1 Å². The number of Topliss-reactive ketones (excluding diaryl/α,β-unsaturated/α-hetero) is 1. The average molecular weight is 247 g/mol. The summed E-state index contributed by atoms with van der Waals surface area (Å²) in [6, 6.07) is 7.80. The summed E-state index contributed by atoms with van der Waals surface area (Å²) in [7, 11) is 0. The van der Waals surface area contributed by atoms with E-state index >= 15 is 0 Å². The fourth-order valence-corrected chi connectivity index (χ4v) is 2.15. The smallest absolute Gasteiger partial charge is 0.182 e. The summed E-state index contributed by atoms with van der Waals surface area (Å²) in [6.45, 7) is 6.30. The van der Waals surface area contributed by atoms with Gasteiger partial charge in [0.2, 0.25) is 0 Å². The number of nitrogens with one attached hydrogen (secondary N) is 1. The molecule has 0 aliphatic carbocycles. The van der Waals surface area contributed by atoms with Gasteiger partial charge in [-0.3, -0.25) is 4.79 Å². The quantitative estimate of drug-likeness (QED) is 0.830. The second-order valence-corrected chi connectivity index (χ2v) is 4.88. The maximum absolute atomic E-state index is 12.2. The van der Waals surface area contributed by atoms with Crippen molar-refractivity contribution < 1.29 is 9.53 Å². The van der Waals surface area contributed by atoms with E-state index < -0.39 is 0 Å². The fraction of sp³-hybridized carbons (Fsp3) is 0.533. The molecule has 98 valence electrons.